The number of methoxy groups -OCH3 is 1. The van der Waals surface area contributed by atoms with Crippen molar-refractivity contribution in [3.63, 3.8) is 0 Å². The number of nitrogens with zero attached hydrogens (tertiary/aromatic N) is 2. The number of aryl methyl sites for hydroxylation is 1. The summed E-state index contributed by atoms with van der Waals surface area (Å²) >= 11 is 6.31. The zero-order valence-corrected chi connectivity index (χ0v) is 20.0. The summed E-state index contributed by atoms with van der Waals surface area (Å²) < 4.78 is 5.24. The lowest BCUT2D eigenvalue weighted by molar-refractivity contribution is -0.144. The number of pyridine rings is 1. The molecule has 1 atom stereocenters. The number of aromatic nitrogens is 1. The van der Waals surface area contributed by atoms with Gasteiger partial charge in [0.25, 0.3) is 0 Å². The van der Waals surface area contributed by atoms with Gasteiger partial charge in [0.05, 0.1) is 29.3 Å². The maximum absolute atomic E-state index is 12.2. The van der Waals surface area contributed by atoms with Crippen LogP contribution in [-0.2, 0) is 24.2 Å². The van der Waals surface area contributed by atoms with Gasteiger partial charge in [-0.3, -0.25) is 9.78 Å². The third-order valence-electron chi connectivity index (χ3n) is 6.47. The normalized spacial score (nSPS) is 17.5. The number of rotatable bonds is 8. The predicted molar refractivity (Wildman–Crippen MR) is 132 cm³/mol. The van der Waals surface area contributed by atoms with Gasteiger partial charge < -0.3 is 20.5 Å². The smallest absolute Gasteiger partial charge is 0.324 e. The lowest BCUT2D eigenvalue weighted by atomic mass is 9.88. The summed E-state index contributed by atoms with van der Waals surface area (Å²) in [6.45, 7) is 3.15. The number of fused-ring (bicyclic) bond motifs is 1. The Labute approximate surface area is 203 Å². The number of hydrogen-bond acceptors (Lipinski definition) is 6. The van der Waals surface area contributed by atoms with E-state index in [-0.39, 0.29) is 6.42 Å². The summed E-state index contributed by atoms with van der Waals surface area (Å²) in [5.74, 6) is -0.263. The first-order valence-corrected chi connectivity index (χ1v) is 11.7. The average Bonchev–Trinajstić information content (AvgIpc) is 3.32. The molecule has 1 fully saturated rings. The number of aliphatic carboxylic acids is 1. The van der Waals surface area contributed by atoms with E-state index in [2.05, 4.69) is 16.7 Å². The minimum absolute atomic E-state index is 0.287. The second kappa shape index (κ2) is 9.88. The van der Waals surface area contributed by atoms with Gasteiger partial charge in [0.1, 0.15) is 11.3 Å². The lowest BCUT2D eigenvalue weighted by Crippen LogP contribution is -2.49. The van der Waals surface area contributed by atoms with Gasteiger partial charge in [-0.15, -0.1) is 0 Å². The van der Waals surface area contributed by atoms with Gasteiger partial charge in [0.15, 0.2) is 0 Å². The van der Waals surface area contributed by atoms with Gasteiger partial charge in [-0.2, -0.15) is 5.26 Å². The third-order valence-corrected chi connectivity index (χ3v) is 6.76. The van der Waals surface area contributed by atoms with Crippen molar-refractivity contribution in [3.8, 4) is 11.8 Å². The van der Waals surface area contributed by atoms with E-state index in [1.807, 2.05) is 37.3 Å². The van der Waals surface area contributed by atoms with Crippen LogP contribution in [-0.4, -0.2) is 35.3 Å². The van der Waals surface area contributed by atoms with Gasteiger partial charge in [-0.05, 0) is 66.8 Å². The van der Waals surface area contributed by atoms with Gasteiger partial charge in [0.2, 0.25) is 0 Å². The Balaban J connectivity index is 1.81. The van der Waals surface area contributed by atoms with Gasteiger partial charge in [-0.25, -0.2) is 0 Å². The Morgan fingerprint density at radius 2 is 2.18 bits per heavy atom. The highest BCUT2D eigenvalue weighted by atomic mass is 35.5. The van der Waals surface area contributed by atoms with E-state index < -0.39 is 11.5 Å². The average molecular weight is 479 g/mol. The van der Waals surface area contributed by atoms with E-state index in [4.69, 9.17) is 21.3 Å². The molecule has 0 amide bonds. The predicted octanol–water partition coefficient (Wildman–Crippen LogP) is 4.69. The Bertz CT molecular complexity index is 1280. The minimum Gasteiger partial charge on any atom is -0.495 e. The lowest BCUT2D eigenvalue weighted by Gasteiger charge is -2.26. The van der Waals surface area contributed by atoms with E-state index in [0.29, 0.717) is 35.8 Å². The molecule has 2 heterocycles. The topological polar surface area (TPSA) is 107 Å². The highest BCUT2D eigenvalue weighted by Crippen LogP contribution is 2.35. The molecule has 0 bridgehead atoms. The maximum atomic E-state index is 12.2. The van der Waals surface area contributed by atoms with Crippen LogP contribution < -0.4 is 15.4 Å². The Kier molecular flexibility index (Phi) is 6.92. The molecule has 0 spiro atoms. The molecule has 1 saturated heterocycles. The summed E-state index contributed by atoms with van der Waals surface area (Å²) in [5.41, 5.74) is 3.83. The molecule has 1 aliphatic heterocycles. The molecule has 7 nitrogen and oxygen atoms in total. The van der Waals surface area contributed by atoms with Gasteiger partial charge in [0, 0.05) is 30.2 Å². The van der Waals surface area contributed by atoms with Crippen molar-refractivity contribution < 1.29 is 14.6 Å². The van der Waals surface area contributed by atoms with Crippen molar-refractivity contribution >= 4 is 34.2 Å². The van der Waals surface area contributed by atoms with Gasteiger partial charge >= 0.3 is 5.97 Å². The summed E-state index contributed by atoms with van der Waals surface area (Å²) in [6, 6.07) is 11.5. The van der Waals surface area contributed by atoms with Gasteiger partial charge in [-0.1, -0.05) is 24.6 Å². The number of ether oxygens (including phenoxy) is 1. The van der Waals surface area contributed by atoms with Crippen molar-refractivity contribution in [2.75, 3.05) is 19.0 Å². The van der Waals surface area contributed by atoms with Crippen LogP contribution in [0.3, 0.4) is 0 Å². The van der Waals surface area contributed by atoms with E-state index in [9.17, 15) is 15.2 Å². The Morgan fingerprint density at radius 1 is 1.35 bits per heavy atom. The highest BCUT2D eigenvalue weighted by molar-refractivity contribution is 6.32. The second-order valence-corrected chi connectivity index (χ2v) is 8.98. The first kappa shape index (κ1) is 23.8. The Hall–Kier alpha value is -3.34. The van der Waals surface area contributed by atoms with E-state index in [1.54, 1.807) is 13.3 Å². The number of carboxylic acids is 1. The van der Waals surface area contributed by atoms with Crippen LogP contribution in [0, 0.1) is 11.3 Å². The molecule has 3 aromatic rings. The number of halogens is 1. The number of carboxylic acid groups (broad SMARTS) is 1. The van der Waals surface area contributed by atoms with Crippen LogP contribution in [0.25, 0.3) is 10.9 Å². The fourth-order valence-electron chi connectivity index (χ4n) is 4.65. The molecule has 176 valence electrons. The SMILES string of the molecule is CCc1cc(C#N)cc2c(NCc3ccc(OC)c(Cl)c3)c(C[C@]3(C(=O)O)CCCN3)cnc12. The highest BCUT2D eigenvalue weighted by Gasteiger charge is 2.41. The van der Waals surface area contributed by atoms with E-state index in [0.717, 1.165) is 46.1 Å². The Morgan fingerprint density at radius 3 is 2.79 bits per heavy atom. The number of hydrogen-bond donors (Lipinski definition) is 3. The van der Waals surface area contributed by atoms with Crippen LogP contribution in [0.4, 0.5) is 5.69 Å². The molecule has 0 saturated carbocycles. The van der Waals surface area contributed by atoms with Crippen LogP contribution >= 0.6 is 11.6 Å². The van der Waals surface area contributed by atoms with Crippen LogP contribution in [0.1, 0.15) is 42.0 Å². The van der Waals surface area contributed by atoms with Crippen molar-refractivity contribution in [1.82, 2.24) is 10.3 Å². The van der Waals surface area contributed by atoms with Crippen molar-refractivity contribution in [1.29, 1.82) is 5.26 Å². The number of nitrogens with one attached hydrogen (secondary N) is 2. The molecular formula is C26H27ClN4O3. The molecule has 4 rings (SSSR count). The number of nitriles is 1. The first-order chi connectivity index (χ1) is 16.4. The minimum atomic E-state index is -1.03. The molecule has 3 N–H and O–H groups in total. The van der Waals surface area contributed by atoms with Crippen LogP contribution in [0.5, 0.6) is 5.75 Å². The maximum Gasteiger partial charge on any atom is 0.324 e. The molecule has 1 aliphatic rings. The van der Waals surface area contributed by atoms with Crippen LogP contribution in [0.2, 0.25) is 5.02 Å². The molecule has 0 unspecified atom stereocenters. The molecule has 0 radical (unpaired) electrons. The van der Waals surface area contributed by atoms with Crippen molar-refractivity contribution in [2.24, 2.45) is 0 Å². The monoisotopic (exact) mass is 478 g/mol. The first-order valence-electron chi connectivity index (χ1n) is 11.3. The number of anilines is 1. The van der Waals surface area contributed by atoms with E-state index >= 15 is 0 Å². The standard InChI is InChI=1S/C26H27ClN4O3/c1-3-18-9-17(13-28)10-20-23(18)30-15-19(12-26(25(32)33)7-4-8-31-26)24(20)29-14-16-5-6-22(34-2)21(27)11-16/h5-6,9-11,15,31H,3-4,7-8,12,14H2,1-2H3,(H,29,30)(H,32,33)/t26-/m0/s1. The van der Waals surface area contributed by atoms with Crippen molar-refractivity contribution in [3.05, 3.63) is 63.8 Å². The largest absolute Gasteiger partial charge is 0.495 e. The zero-order chi connectivity index (χ0) is 24.3. The molecule has 2 aromatic carbocycles. The third kappa shape index (κ3) is 4.52. The molecule has 8 heteroatoms. The summed E-state index contributed by atoms with van der Waals surface area (Å²) in [6.07, 6.45) is 4.13. The van der Waals surface area contributed by atoms with E-state index in [1.165, 1.54) is 0 Å². The van der Waals surface area contributed by atoms with Crippen LogP contribution in [0.15, 0.2) is 36.5 Å². The quantitative estimate of drug-likeness (QED) is 0.431. The molecule has 0 aliphatic carbocycles. The van der Waals surface area contributed by atoms with Crippen molar-refractivity contribution in [2.45, 2.75) is 44.7 Å². The summed E-state index contributed by atoms with van der Waals surface area (Å²) in [5, 5.41) is 27.6. The number of benzene rings is 2. The summed E-state index contributed by atoms with van der Waals surface area (Å²) in [4.78, 5) is 16.9. The fourth-order valence-corrected chi connectivity index (χ4v) is 4.93. The molecular weight excluding hydrogens is 452 g/mol. The number of carbonyl (C=O) groups is 1. The zero-order valence-electron chi connectivity index (χ0n) is 19.2. The summed E-state index contributed by atoms with van der Waals surface area (Å²) in [7, 11) is 1.57. The second-order valence-electron chi connectivity index (χ2n) is 8.57. The molecule has 1 aromatic heterocycles. The fraction of sp³-hybridized carbons (Fsp3) is 0.346. The molecule has 34 heavy (non-hydrogen) atoms.